The molecule has 6 heteroatoms. The van der Waals surface area contributed by atoms with Gasteiger partial charge in [-0.25, -0.2) is 9.37 Å². The van der Waals surface area contributed by atoms with E-state index in [4.69, 9.17) is 11.6 Å². The zero-order valence-electron chi connectivity index (χ0n) is 11.5. The molecule has 0 unspecified atom stereocenters. The molecule has 0 radical (unpaired) electrons. The van der Waals surface area contributed by atoms with Crippen LogP contribution in [0.15, 0.2) is 36.5 Å². The third-order valence-corrected chi connectivity index (χ3v) is 3.01. The zero-order chi connectivity index (χ0) is 15.2. The Balaban J connectivity index is 2.01. The summed E-state index contributed by atoms with van der Waals surface area (Å²) < 4.78 is 13.1. The second-order valence-corrected chi connectivity index (χ2v) is 4.89. The second kappa shape index (κ2) is 7.04. The van der Waals surface area contributed by atoms with Gasteiger partial charge in [0.25, 0.3) is 0 Å². The van der Waals surface area contributed by atoms with E-state index in [1.165, 1.54) is 12.1 Å². The Hall–Kier alpha value is -2.14. The van der Waals surface area contributed by atoms with Crippen molar-refractivity contribution in [1.82, 2.24) is 4.98 Å². The van der Waals surface area contributed by atoms with Gasteiger partial charge in [0.15, 0.2) is 0 Å². The number of carbonyl (C=O) groups is 1. The zero-order valence-corrected chi connectivity index (χ0v) is 12.2. The number of halogens is 2. The topological polar surface area (TPSA) is 54.0 Å². The van der Waals surface area contributed by atoms with Crippen LogP contribution in [0.3, 0.4) is 0 Å². The highest BCUT2D eigenvalue weighted by atomic mass is 35.5. The highest BCUT2D eigenvalue weighted by Crippen LogP contribution is 2.22. The number of carbonyl (C=O) groups excluding carboxylic acids is 1. The Morgan fingerprint density at radius 3 is 2.67 bits per heavy atom. The molecule has 4 nitrogen and oxygen atoms in total. The van der Waals surface area contributed by atoms with Crippen LogP contribution >= 0.6 is 11.6 Å². The third-order valence-electron chi connectivity index (χ3n) is 2.72. The van der Waals surface area contributed by atoms with E-state index in [-0.39, 0.29) is 10.9 Å². The summed E-state index contributed by atoms with van der Waals surface area (Å²) in [6.07, 6.45) is 2.83. The molecule has 0 spiro atoms. The molecule has 21 heavy (non-hydrogen) atoms. The smallest absolute Gasteiger partial charge is 0.224 e. The van der Waals surface area contributed by atoms with E-state index in [9.17, 15) is 9.18 Å². The number of nitrogens with zero attached hydrogens (tertiary/aromatic N) is 1. The van der Waals surface area contributed by atoms with Gasteiger partial charge >= 0.3 is 0 Å². The minimum absolute atomic E-state index is 0.0367. The lowest BCUT2D eigenvalue weighted by molar-refractivity contribution is -0.116. The van der Waals surface area contributed by atoms with Crippen molar-refractivity contribution in [2.75, 3.05) is 10.6 Å². The van der Waals surface area contributed by atoms with Crippen LogP contribution < -0.4 is 10.6 Å². The standard InChI is InChI=1S/C15H15ClFN3O/c1-2-3-15(21)20-11-5-7-14(18-9-11)19-10-4-6-13(17)12(16)8-10/h4-9H,2-3H2,1H3,(H,18,19)(H,20,21). The monoisotopic (exact) mass is 307 g/mol. The summed E-state index contributed by atoms with van der Waals surface area (Å²) in [4.78, 5) is 15.6. The molecule has 2 N–H and O–H groups in total. The first-order chi connectivity index (χ1) is 10.1. The Morgan fingerprint density at radius 2 is 2.05 bits per heavy atom. The second-order valence-electron chi connectivity index (χ2n) is 4.48. The molecule has 0 saturated heterocycles. The molecule has 1 amide bonds. The molecular weight excluding hydrogens is 293 g/mol. The van der Waals surface area contributed by atoms with E-state index in [0.29, 0.717) is 23.6 Å². The molecule has 0 aliphatic carbocycles. The van der Waals surface area contributed by atoms with Gasteiger partial charge < -0.3 is 10.6 Å². The van der Waals surface area contributed by atoms with Gasteiger partial charge in [-0.3, -0.25) is 4.79 Å². The van der Waals surface area contributed by atoms with E-state index >= 15 is 0 Å². The van der Waals surface area contributed by atoms with Crippen LogP contribution in [0.1, 0.15) is 19.8 Å². The summed E-state index contributed by atoms with van der Waals surface area (Å²) in [5.41, 5.74) is 1.27. The van der Waals surface area contributed by atoms with Crippen molar-refractivity contribution in [2.45, 2.75) is 19.8 Å². The summed E-state index contributed by atoms with van der Waals surface area (Å²) in [6, 6.07) is 7.80. The number of nitrogens with one attached hydrogen (secondary N) is 2. The van der Waals surface area contributed by atoms with E-state index in [2.05, 4.69) is 15.6 Å². The van der Waals surface area contributed by atoms with E-state index in [1.54, 1.807) is 24.4 Å². The number of hydrogen-bond donors (Lipinski definition) is 2. The van der Waals surface area contributed by atoms with Crippen LogP contribution in [0.2, 0.25) is 5.02 Å². The first-order valence-electron chi connectivity index (χ1n) is 6.56. The minimum Gasteiger partial charge on any atom is -0.340 e. The quantitative estimate of drug-likeness (QED) is 0.863. The highest BCUT2D eigenvalue weighted by molar-refractivity contribution is 6.31. The van der Waals surface area contributed by atoms with E-state index in [0.717, 1.165) is 6.42 Å². The van der Waals surface area contributed by atoms with Crippen LogP contribution in [0.5, 0.6) is 0 Å². The first-order valence-corrected chi connectivity index (χ1v) is 6.94. The van der Waals surface area contributed by atoms with Gasteiger partial charge in [0.1, 0.15) is 11.6 Å². The Bertz CT molecular complexity index is 631. The van der Waals surface area contributed by atoms with E-state index in [1.807, 2.05) is 6.92 Å². The van der Waals surface area contributed by atoms with Gasteiger partial charge in [0, 0.05) is 12.1 Å². The van der Waals surface area contributed by atoms with Crippen molar-refractivity contribution in [3.8, 4) is 0 Å². The van der Waals surface area contributed by atoms with Gasteiger partial charge in [-0.15, -0.1) is 0 Å². The largest absolute Gasteiger partial charge is 0.340 e. The van der Waals surface area contributed by atoms with Crippen molar-refractivity contribution in [3.05, 3.63) is 47.4 Å². The molecule has 1 aromatic heterocycles. The summed E-state index contributed by atoms with van der Waals surface area (Å²) >= 11 is 5.71. The first kappa shape index (κ1) is 15.3. The van der Waals surface area contributed by atoms with Crippen molar-refractivity contribution < 1.29 is 9.18 Å². The molecule has 2 rings (SSSR count). The summed E-state index contributed by atoms with van der Waals surface area (Å²) in [5, 5.41) is 5.80. The van der Waals surface area contributed by atoms with Crippen molar-refractivity contribution >= 4 is 34.7 Å². The molecule has 2 aromatic rings. The summed E-state index contributed by atoms with van der Waals surface area (Å²) in [7, 11) is 0. The summed E-state index contributed by atoms with van der Waals surface area (Å²) in [6.45, 7) is 1.94. The van der Waals surface area contributed by atoms with Crippen LogP contribution in [0.25, 0.3) is 0 Å². The fourth-order valence-corrected chi connectivity index (χ4v) is 1.89. The maximum Gasteiger partial charge on any atom is 0.224 e. The number of anilines is 3. The molecular formula is C15H15ClFN3O. The normalized spacial score (nSPS) is 10.2. The molecule has 0 atom stereocenters. The Labute approximate surface area is 127 Å². The predicted octanol–water partition coefficient (Wildman–Crippen LogP) is 4.36. The molecule has 1 heterocycles. The average Bonchev–Trinajstić information content (AvgIpc) is 2.45. The van der Waals surface area contributed by atoms with Gasteiger partial charge in [0.2, 0.25) is 5.91 Å². The SMILES string of the molecule is CCCC(=O)Nc1ccc(Nc2ccc(F)c(Cl)c2)nc1. The molecule has 1 aromatic carbocycles. The number of aromatic nitrogens is 1. The van der Waals surface area contributed by atoms with Crippen LogP contribution in [0, 0.1) is 5.82 Å². The Morgan fingerprint density at radius 1 is 1.29 bits per heavy atom. The molecule has 0 aliphatic heterocycles. The van der Waals surface area contributed by atoms with Gasteiger partial charge in [-0.2, -0.15) is 0 Å². The fourth-order valence-electron chi connectivity index (χ4n) is 1.71. The molecule has 0 bridgehead atoms. The van der Waals surface area contributed by atoms with Crippen molar-refractivity contribution in [3.63, 3.8) is 0 Å². The van der Waals surface area contributed by atoms with Crippen LogP contribution in [-0.4, -0.2) is 10.9 Å². The lowest BCUT2D eigenvalue weighted by Crippen LogP contribution is -2.10. The fraction of sp³-hybridized carbons (Fsp3) is 0.200. The van der Waals surface area contributed by atoms with Crippen molar-refractivity contribution in [2.24, 2.45) is 0 Å². The van der Waals surface area contributed by atoms with Crippen molar-refractivity contribution in [1.29, 1.82) is 0 Å². The lowest BCUT2D eigenvalue weighted by Gasteiger charge is -2.08. The Kier molecular flexibility index (Phi) is 5.11. The van der Waals surface area contributed by atoms with Gasteiger partial charge in [-0.05, 0) is 36.8 Å². The minimum atomic E-state index is -0.468. The maximum absolute atomic E-state index is 13.1. The van der Waals surface area contributed by atoms with Crippen LogP contribution in [0.4, 0.5) is 21.6 Å². The number of amides is 1. The molecule has 0 saturated carbocycles. The maximum atomic E-state index is 13.1. The van der Waals surface area contributed by atoms with Gasteiger partial charge in [0.05, 0.1) is 16.9 Å². The number of benzene rings is 1. The molecule has 110 valence electrons. The van der Waals surface area contributed by atoms with Crippen LogP contribution in [-0.2, 0) is 4.79 Å². The number of hydrogen-bond acceptors (Lipinski definition) is 3. The highest BCUT2D eigenvalue weighted by Gasteiger charge is 2.03. The molecule has 0 aliphatic rings. The van der Waals surface area contributed by atoms with Gasteiger partial charge in [-0.1, -0.05) is 18.5 Å². The van der Waals surface area contributed by atoms with E-state index < -0.39 is 5.82 Å². The number of rotatable bonds is 5. The predicted molar refractivity (Wildman–Crippen MR) is 82.5 cm³/mol. The lowest BCUT2D eigenvalue weighted by atomic mass is 10.3. The number of pyridine rings is 1. The summed E-state index contributed by atoms with van der Waals surface area (Å²) in [5.74, 6) is 0.0700. The third kappa shape index (κ3) is 4.43. The molecule has 0 fully saturated rings. The average molecular weight is 308 g/mol.